The fraction of sp³-hybridized carbons (Fsp3) is 0.250. The summed E-state index contributed by atoms with van der Waals surface area (Å²) in [5, 5.41) is 10.6. The summed E-state index contributed by atoms with van der Waals surface area (Å²) in [6.45, 7) is 2.20. The lowest BCUT2D eigenvalue weighted by atomic mass is 10.3. The summed E-state index contributed by atoms with van der Waals surface area (Å²) in [7, 11) is 0. The van der Waals surface area contributed by atoms with Crippen LogP contribution in [0.5, 0.6) is 5.75 Å². The molecule has 0 heterocycles. The predicted molar refractivity (Wildman–Crippen MR) is 52.0 cm³/mol. The van der Waals surface area contributed by atoms with E-state index in [0.717, 1.165) is 0 Å². The second-order valence-electron chi connectivity index (χ2n) is 2.30. The maximum absolute atomic E-state index is 10.6. The first kappa shape index (κ1) is 9.98. The van der Waals surface area contributed by atoms with Crippen LogP contribution in [-0.4, -0.2) is 11.5 Å². The van der Waals surface area contributed by atoms with Crippen molar-refractivity contribution >= 4 is 21.6 Å². The standard InChI is InChI=1S/C8H8BrNO3/c1-2-13-8-4-3-6(9)5-7(8)10(11)12/h3-5H,2H2,1H3. The summed E-state index contributed by atoms with van der Waals surface area (Å²) in [5.41, 5.74) is -0.0174. The van der Waals surface area contributed by atoms with Gasteiger partial charge in [-0.3, -0.25) is 10.1 Å². The van der Waals surface area contributed by atoms with Gasteiger partial charge in [-0.1, -0.05) is 15.9 Å². The second-order valence-corrected chi connectivity index (χ2v) is 3.22. The molecule has 4 nitrogen and oxygen atoms in total. The van der Waals surface area contributed by atoms with Crippen LogP contribution in [0.15, 0.2) is 22.7 Å². The molecule has 1 rings (SSSR count). The zero-order valence-corrected chi connectivity index (χ0v) is 8.58. The summed E-state index contributed by atoms with van der Waals surface area (Å²) in [6, 6.07) is 4.70. The molecule has 0 saturated heterocycles. The Kier molecular flexibility index (Phi) is 3.25. The summed E-state index contributed by atoms with van der Waals surface area (Å²) in [6.07, 6.45) is 0. The molecule has 13 heavy (non-hydrogen) atoms. The lowest BCUT2D eigenvalue weighted by Gasteiger charge is -2.03. The van der Waals surface area contributed by atoms with Crippen molar-refractivity contribution in [3.8, 4) is 5.75 Å². The number of halogens is 1. The Labute approximate surface area is 83.8 Å². The Hall–Kier alpha value is -1.10. The smallest absolute Gasteiger partial charge is 0.312 e. The van der Waals surface area contributed by atoms with Gasteiger partial charge in [-0.15, -0.1) is 0 Å². The van der Waals surface area contributed by atoms with E-state index < -0.39 is 4.92 Å². The maximum Gasteiger partial charge on any atom is 0.312 e. The van der Waals surface area contributed by atoms with Gasteiger partial charge in [0.1, 0.15) is 0 Å². The first-order valence-corrected chi connectivity index (χ1v) is 4.51. The Morgan fingerprint density at radius 2 is 2.31 bits per heavy atom. The molecule has 0 radical (unpaired) electrons. The number of nitro benzene ring substituents is 1. The van der Waals surface area contributed by atoms with Gasteiger partial charge in [0.25, 0.3) is 0 Å². The van der Waals surface area contributed by atoms with Gasteiger partial charge in [-0.2, -0.15) is 0 Å². The average Bonchev–Trinajstić information content (AvgIpc) is 2.08. The summed E-state index contributed by atoms with van der Waals surface area (Å²) >= 11 is 3.16. The summed E-state index contributed by atoms with van der Waals surface area (Å²) < 4.78 is 5.76. The first-order valence-electron chi connectivity index (χ1n) is 3.72. The highest BCUT2D eigenvalue weighted by Crippen LogP contribution is 2.29. The quantitative estimate of drug-likeness (QED) is 0.608. The highest BCUT2D eigenvalue weighted by molar-refractivity contribution is 9.10. The van der Waals surface area contributed by atoms with Crippen LogP contribution in [0.4, 0.5) is 5.69 Å². The molecule has 70 valence electrons. The largest absolute Gasteiger partial charge is 0.487 e. The minimum absolute atomic E-state index is 0.0174. The average molecular weight is 246 g/mol. The Balaban J connectivity index is 3.10. The molecule has 0 aliphatic carbocycles. The fourth-order valence-electron chi connectivity index (χ4n) is 0.911. The molecule has 1 aromatic carbocycles. The molecule has 0 aromatic heterocycles. The van der Waals surface area contributed by atoms with Crippen LogP contribution in [0.25, 0.3) is 0 Å². The van der Waals surface area contributed by atoms with Gasteiger partial charge in [0.2, 0.25) is 0 Å². The van der Waals surface area contributed by atoms with E-state index in [1.54, 1.807) is 19.1 Å². The molecule has 0 aliphatic heterocycles. The van der Waals surface area contributed by atoms with Crippen molar-refractivity contribution < 1.29 is 9.66 Å². The van der Waals surface area contributed by atoms with E-state index in [-0.39, 0.29) is 5.69 Å². The van der Waals surface area contributed by atoms with Crippen molar-refractivity contribution in [3.05, 3.63) is 32.8 Å². The molecule has 0 aliphatic rings. The molecule has 1 aromatic rings. The van der Waals surface area contributed by atoms with Crippen molar-refractivity contribution in [2.45, 2.75) is 6.92 Å². The topological polar surface area (TPSA) is 52.4 Å². The van der Waals surface area contributed by atoms with E-state index in [4.69, 9.17) is 4.74 Å². The summed E-state index contributed by atoms with van der Waals surface area (Å²) in [5.74, 6) is 0.302. The van der Waals surface area contributed by atoms with Crippen LogP contribution in [0.1, 0.15) is 6.92 Å². The van der Waals surface area contributed by atoms with Crippen LogP contribution in [0.2, 0.25) is 0 Å². The minimum atomic E-state index is -0.463. The van der Waals surface area contributed by atoms with Crippen LogP contribution in [0.3, 0.4) is 0 Å². The Bertz CT molecular complexity index is 327. The number of ether oxygens (including phenoxy) is 1. The maximum atomic E-state index is 10.6. The fourth-order valence-corrected chi connectivity index (χ4v) is 1.26. The monoisotopic (exact) mass is 245 g/mol. The zero-order valence-electron chi connectivity index (χ0n) is 6.99. The van der Waals surface area contributed by atoms with Crippen LogP contribution >= 0.6 is 15.9 Å². The molecule has 0 saturated carbocycles. The third-order valence-corrected chi connectivity index (χ3v) is 1.91. The van der Waals surface area contributed by atoms with Gasteiger partial charge < -0.3 is 4.74 Å². The van der Waals surface area contributed by atoms with Crippen molar-refractivity contribution in [3.63, 3.8) is 0 Å². The lowest BCUT2D eigenvalue weighted by molar-refractivity contribution is -0.385. The Morgan fingerprint density at radius 1 is 1.62 bits per heavy atom. The van der Waals surface area contributed by atoms with Gasteiger partial charge >= 0.3 is 5.69 Å². The lowest BCUT2D eigenvalue weighted by Crippen LogP contribution is -1.97. The first-order chi connectivity index (χ1) is 6.15. The van der Waals surface area contributed by atoms with Crippen LogP contribution in [0, 0.1) is 10.1 Å². The van der Waals surface area contributed by atoms with Gasteiger partial charge in [-0.25, -0.2) is 0 Å². The normalized spacial score (nSPS) is 9.69. The third-order valence-electron chi connectivity index (χ3n) is 1.42. The SMILES string of the molecule is CCOc1ccc(Br)cc1[N+](=O)[O-]. The molecular formula is C8H8BrNO3. The van der Waals surface area contributed by atoms with Gasteiger partial charge in [0, 0.05) is 10.5 Å². The molecule has 0 atom stereocenters. The molecule has 0 fully saturated rings. The Morgan fingerprint density at radius 3 is 2.85 bits per heavy atom. The highest BCUT2D eigenvalue weighted by atomic mass is 79.9. The van der Waals surface area contributed by atoms with Gasteiger partial charge in [-0.05, 0) is 19.1 Å². The van der Waals surface area contributed by atoms with E-state index in [1.165, 1.54) is 6.07 Å². The minimum Gasteiger partial charge on any atom is -0.487 e. The number of hydrogen-bond acceptors (Lipinski definition) is 3. The molecule has 0 N–H and O–H groups in total. The number of nitro groups is 1. The van der Waals surface area contributed by atoms with E-state index in [1.807, 2.05) is 0 Å². The van der Waals surface area contributed by atoms with Crippen LogP contribution < -0.4 is 4.74 Å². The van der Waals surface area contributed by atoms with Gasteiger partial charge in [0.15, 0.2) is 5.75 Å². The van der Waals surface area contributed by atoms with E-state index >= 15 is 0 Å². The van der Waals surface area contributed by atoms with Crippen molar-refractivity contribution in [1.29, 1.82) is 0 Å². The van der Waals surface area contributed by atoms with E-state index in [2.05, 4.69) is 15.9 Å². The molecule has 5 heteroatoms. The van der Waals surface area contributed by atoms with Gasteiger partial charge in [0.05, 0.1) is 11.5 Å². The molecule has 0 amide bonds. The number of benzene rings is 1. The van der Waals surface area contributed by atoms with Crippen molar-refractivity contribution in [2.75, 3.05) is 6.61 Å². The molecule has 0 unspecified atom stereocenters. The second kappa shape index (κ2) is 4.23. The van der Waals surface area contributed by atoms with Crippen molar-refractivity contribution in [1.82, 2.24) is 0 Å². The van der Waals surface area contributed by atoms with Crippen LogP contribution in [-0.2, 0) is 0 Å². The van der Waals surface area contributed by atoms with Crippen molar-refractivity contribution in [2.24, 2.45) is 0 Å². The summed E-state index contributed by atoms with van der Waals surface area (Å²) in [4.78, 5) is 10.1. The molecule has 0 bridgehead atoms. The zero-order chi connectivity index (χ0) is 9.84. The third kappa shape index (κ3) is 2.42. The number of nitrogens with zero attached hydrogens (tertiary/aromatic N) is 1. The van der Waals surface area contributed by atoms with E-state index in [0.29, 0.717) is 16.8 Å². The molecule has 0 spiro atoms. The highest BCUT2D eigenvalue weighted by Gasteiger charge is 2.14. The molecular weight excluding hydrogens is 238 g/mol. The van der Waals surface area contributed by atoms with E-state index in [9.17, 15) is 10.1 Å². The number of rotatable bonds is 3. The predicted octanol–water partition coefficient (Wildman–Crippen LogP) is 2.76. The number of hydrogen-bond donors (Lipinski definition) is 0.